The number of halogens is 1. The van der Waals surface area contributed by atoms with E-state index in [1.807, 2.05) is 0 Å². The molecule has 0 radical (unpaired) electrons. The standard InChI is InChI=1S/C14H11BrN2O2/c1-18-13-5-3-10(17)7-14(13)19-12-4-2-9(8-16)6-11(12)15/h2-7H,17H2,1H3. The predicted molar refractivity (Wildman–Crippen MR) is 76.3 cm³/mol. The third-order valence-corrected chi connectivity index (χ3v) is 3.09. The topological polar surface area (TPSA) is 68.3 Å². The molecule has 0 atom stereocenters. The largest absolute Gasteiger partial charge is 0.493 e. The second-order valence-corrected chi connectivity index (χ2v) is 4.62. The number of ether oxygens (including phenoxy) is 2. The van der Waals surface area contributed by atoms with Crippen molar-refractivity contribution in [2.45, 2.75) is 0 Å². The molecule has 2 aromatic rings. The molecule has 0 aliphatic heterocycles. The fraction of sp³-hybridized carbons (Fsp3) is 0.0714. The highest BCUT2D eigenvalue weighted by Gasteiger charge is 2.09. The third kappa shape index (κ3) is 2.98. The molecular formula is C14H11BrN2O2. The van der Waals surface area contributed by atoms with Crippen LogP contribution in [0.3, 0.4) is 0 Å². The summed E-state index contributed by atoms with van der Waals surface area (Å²) >= 11 is 3.36. The summed E-state index contributed by atoms with van der Waals surface area (Å²) in [6.07, 6.45) is 0. The quantitative estimate of drug-likeness (QED) is 0.876. The van der Waals surface area contributed by atoms with Crippen molar-refractivity contribution >= 4 is 21.6 Å². The monoisotopic (exact) mass is 318 g/mol. The molecule has 4 nitrogen and oxygen atoms in total. The van der Waals surface area contributed by atoms with E-state index in [2.05, 4.69) is 22.0 Å². The first-order valence-electron chi connectivity index (χ1n) is 5.45. The van der Waals surface area contributed by atoms with Gasteiger partial charge in [0.25, 0.3) is 0 Å². The van der Waals surface area contributed by atoms with Gasteiger partial charge < -0.3 is 15.2 Å². The van der Waals surface area contributed by atoms with Gasteiger partial charge in [0.1, 0.15) is 5.75 Å². The van der Waals surface area contributed by atoms with Crippen LogP contribution >= 0.6 is 15.9 Å². The molecule has 0 aliphatic carbocycles. The van der Waals surface area contributed by atoms with Crippen LogP contribution in [0.15, 0.2) is 40.9 Å². The molecule has 0 fully saturated rings. The minimum absolute atomic E-state index is 0.521. The van der Waals surface area contributed by atoms with Crippen molar-refractivity contribution in [1.29, 1.82) is 5.26 Å². The van der Waals surface area contributed by atoms with Crippen LogP contribution < -0.4 is 15.2 Å². The first-order chi connectivity index (χ1) is 9.13. The Bertz CT molecular complexity index is 650. The van der Waals surface area contributed by atoms with Gasteiger partial charge in [0, 0.05) is 11.8 Å². The van der Waals surface area contributed by atoms with Gasteiger partial charge in [0.05, 0.1) is 23.2 Å². The number of benzene rings is 2. The van der Waals surface area contributed by atoms with Gasteiger partial charge in [-0.05, 0) is 46.3 Å². The van der Waals surface area contributed by atoms with Gasteiger partial charge in [-0.3, -0.25) is 0 Å². The lowest BCUT2D eigenvalue weighted by atomic mass is 10.2. The Labute approximate surface area is 119 Å². The normalized spacial score (nSPS) is 9.74. The predicted octanol–water partition coefficient (Wildman–Crippen LogP) is 3.70. The number of rotatable bonds is 3. The van der Waals surface area contributed by atoms with Crippen molar-refractivity contribution in [3.63, 3.8) is 0 Å². The summed E-state index contributed by atoms with van der Waals surface area (Å²) in [5.41, 5.74) is 6.87. The Kier molecular flexibility index (Phi) is 3.93. The van der Waals surface area contributed by atoms with E-state index in [-0.39, 0.29) is 0 Å². The van der Waals surface area contributed by atoms with Crippen LogP contribution in [0, 0.1) is 11.3 Å². The molecule has 2 aromatic carbocycles. The van der Waals surface area contributed by atoms with E-state index < -0.39 is 0 Å². The fourth-order valence-corrected chi connectivity index (χ4v) is 2.00. The minimum Gasteiger partial charge on any atom is -0.493 e. The number of hydrogen-bond donors (Lipinski definition) is 1. The first-order valence-corrected chi connectivity index (χ1v) is 6.24. The van der Waals surface area contributed by atoms with E-state index in [1.165, 1.54) is 0 Å². The molecule has 0 bridgehead atoms. The maximum absolute atomic E-state index is 8.81. The average Bonchev–Trinajstić information content (AvgIpc) is 2.41. The number of nitrogens with zero attached hydrogens (tertiary/aromatic N) is 1. The Morgan fingerprint density at radius 2 is 1.84 bits per heavy atom. The van der Waals surface area contributed by atoms with Crippen molar-refractivity contribution in [1.82, 2.24) is 0 Å². The average molecular weight is 319 g/mol. The zero-order valence-corrected chi connectivity index (χ0v) is 11.8. The molecule has 0 aromatic heterocycles. The molecule has 2 N–H and O–H groups in total. The molecule has 0 aliphatic rings. The van der Waals surface area contributed by atoms with Crippen LogP contribution in [0.2, 0.25) is 0 Å². The first kappa shape index (κ1) is 13.2. The zero-order valence-electron chi connectivity index (χ0n) is 10.2. The number of anilines is 1. The Morgan fingerprint density at radius 3 is 2.47 bits per heavy atom. The molecule has 0 unspecified atom stereocenters. The maximum Gasteiger partial charge on any atom is 0.171 e. The van der Waals surface area contributed by atoms with Crippen LogP contribution in [0.5, 0.6) is 17.2 Å². The number of nitrogen functional groups attached to an aromatic ring is 1. The van der Waals surface area contributed by atoms with Crippen LogP contribution in [0.25, 0.3) is 0 Å². The van der Waals surface area contributed by atoms with Crippen LogP contribution in [0.1, 0.15) is 5.56 Å². The van der Waals surface area contributed by atoms with E-state index in [0.29, 0.717) is 33.0 Å². The van der Waals surface area contributed by atoms with Gasteiger partial charge >= 0.3 is 0 Å². The summed E-state index contributed by atoms with van der Waals surface area (Å²) in [6.45, 7) is 0. The molecule has 0 saturated carbocycles. The van der Waals surface area contributed by atoms with Gasteiger partial charge in [0.2, 0.25) is 0 Å². The molecule has 5 heteroatoms. The highest BCUT2D eigenvalue weighted by molar-refractivity contribution is 9.10. The summed E-state index contributed by atoms with van der Waals surface area (Å²) in [5.74, 6) is 1.70. The lowest BCUT2D eigenvalue weighted by Crippen LogP contribution is -1.93. The number of methoxy groups -OCH3 is 1. The lowest BCUT2D eigenvalue weighted by Gasteiger charge is -2.12. The van der Waals surface area contributed by atoms with Crippen LogP contribution in [-0.2, 0) is 0 Å². The van der Waals surface area contributed by atoms with Gasteiger partial charge in [-0.15, -0.1) is 0 Å². The summed E-state index contributed by atoms with van der Waals surface area (Å²) in [4.78, 5) is 0. The van der Waals surface area contributed by atoms with Crippen molar-refractivity contribution in [2.24, 2.45) is 0 Å². The van der Waals surface area contributed by atoms with Crippen LogP contribution in [-0.4, -0.2) is 7.11 Å². The zero-order chi connectivity index (χ0) is 13.8. The molecule has 19 heavy (non-hydrogen) atoms. The minimum atomic E-state index is 0.521. The molecule has 0 amide bonds. The lowest BCUT2D eigenvalue weighted by molar-refractivity contribution is 0.378. The summed E-state index contributed by atoms with van der Waals surface area (Å²) < 4.78 is 11.7. The van der Waals surface area contributed by atoms with Gasteiger partial charge in [-0.1, -0.05) is 0 Å². The Balaban J connectivity index is 2.36. The summed E-state index contributed by atoms with van der Waals surface area (Å²) in [6, 6.07) is 12.3. The fourth-order valence-electron chi connectivity index (χ4n) is 1.54. The number of nitrogens with two attached hydrogens (primary N) is 1. The highest BCUT2D eigenvalue weighted by atomic mass is 79.9. The van der Waals surface area contributed by atoms with Crippen molar-refractivity contribution in [3.8, 4) is 23.3 Å². The second-order valence-electron chi connectivity index (χ2n) is 3.77. The van der Waals surface area contributed by atoms with E-state index in [0.717, 1.165) is 0 Å². The molecule has 0 spiro atoms. The number of hydrogen-bond acceptors (Lipinski definition) is 4. The van der Waals surface area contributed by atoms with Gasteiger partial charge in [0.15, 0.2) is 11.5 Å². The van der Waals surface area contributed by atoms with Crippen molar-refractivity contribution in [3.05, 3.63) is 46.4 Å². The maximum atomic E-state index is 8.81. The highest BCUT2D eigenvalue weighted by Crippen LogP contribution is 2.36. The molecule has 0 heterocycles. The van der Waals surface area contributed by atoms with Crippen molar-refractivity contribution in [2.75, 3.05) is 12.8 Å². The van der Waals surface area contributed by atoms with Crippen LogP contribution in [0.4, 0.5) is 5.69 Å². The van der Waals surface area contributed by atoms with E-state index in [1.54, 1.807) is 43.5 Å². The molecule has 96 valence electrons. The Hall–Kier alpha value is -2.19. The van der Waals surface area contributed by atoms with Gasteiger partial charge in [-0.25, -0.2) is 0 Å². The van der Waals surface area contributed by atoms with E-state index in [9.17, 15) is 0 Å². The van der Waals surface area contributed by atoms with E-state index >= 15 is 0 Å². The SMILES string of the molecule is COc1ccc(N)cc1Oc1ccc(C#N)cc1Br. The third-order valence-electron chi connectivity index (χ3n) is 2.47. The molecule has 2 rings (SSSR count). The Morgan fingerprint density at radius 1 is 1.11 bits per heavy atom. The van der Waals surface area contributed by atoms with Crippen molar-refractivity contribution < 1.29 is 9.47 Å². The molecular weight excluding hydrogens is 308 g/mol. The smallest absolute Gasteiger partial charge is 0.171 e. The van der Waals surface area contributed by atoms with Gasteiger partial charge in [-0.2, -0.15) is 5.26 Å². The summed E-state index contributed by atoms with van der Waals surface area (Å²) in [5, 5.41) is 8.81. The number of nitriles is 1. The molecule has 0 saturated heterocycles. The van der Waals surface area contributed by atoms with E-state index in [4.69, 9.17) is 20.5 Å². The summed E-state index contributed by atoms with van der Waals surface area (Å²) in [7, 11) is 1.56. The second kappa shape index (κ2) is 5.63.